The predicted octanol–water partition coefficient (Wildman–Crippen LogP) is 2.81. The summed E-state index contributed by atoms with van der Waals surface area (Å²) < 4.78 is 15.6. The highest BCUT2D eigenvalue weighted by Gasteiger charge is 2.23. The van der Waals surface area contributed by atoms with Gasteiger partial charge in [0.15, 0.2) is 0 Å². The Morgan fingerprint density at radius 3 is 3.11 bits per heavy atom. The van der Waals surface area contributed by atoms with E-state index < -0.39 is 6.09 Å². The molecule has 1 aliphatic rings. The minimum absolute atomic E-state index is 0.218. The fourth-order valence-electron chi connectivity index (χ4n) is 1.48. The van der Waals surface area contributed by atoms with Gasteiger partial charge in [0.2, 0.25) is 0 Å². The van der Waals surface area contributed by atoms with E-state index in [-0.39, 0.29) is 6.10 Å². The van der Waals surface area contributed by atoms with Gasteiger partial charge in [0.25, 0.3) is 0 Å². The molecular weight excluding hydrogens is 246 g/mol. The van der Waals surface area contributed by atoms with E-state index in [1.54, 1.807) is 12.1 Å². The molecule has 0 bridgehead atoms. The van der Waals surface area contributed by atoms with Crippen molar-refractivity contribution in [1.29, 1.82) is 0 Å². The molecule has 0 radical (unpaired) electrons. The van der Waals surface area contributed by atoms with E-state index in [1.807, 2.05) is 19.1 Å². The second kappa shape index (κ2) is 6.99. The van der Waals surface area contributed by atoms with E-state index in [4.69, 9.17) is 14.2 Å². The Hall–Kier alpha value is -1.75. The third-order valence-electron chi connectivity index (χ3n) is 2.65. The van der Waals surface area contributed by atoms with E-state index in [0.29, 0.717) is 24.7 Å². The van der Waals surface area contributed by atoms with Gasteiger partial charge in [-0.2, -0.15) is 0 Å². The van der Waals surface area contributed by atoms with Crippen LogP contribution >= 0.6 is 0 Å². The molecule has 1 amide bonds. The molecule has 0 spiro atoms. The van der Waals surface area contributed by atoms with Crippen LogP contribution < -0.4 is 10.1 Å². The smallest absolute Gasteiger partial charge is 0.411 e. The third-order valence-corrected chi connectivity index (χ3v) is 2.65. The lowest BCUT2D eigenvalue weighted by Gasteiger charge is -2.08. The summed E-state index contributed by atoms with van der Waals surface area (Å²) in [5.74, 6) is 0.710. The normalized spacial score (nSPS) is 16.8. The molecule has 1 fully saturated rings. The predicted molar refractivity (Wildman–Crippen MR) is 71.6 cm³/mol. The van der Waals surface area contributed by atoms with E-state index in [1.165, 1.54) is 0 Å². The summed E-state index contributed by atoms with van der Waals surface area (Å²) >= 11 is 0. The molecule has 5 heteroatoms. The summed E-state index contributed by atoms with van der Waals surface area (Å²) in [6.07, 6.45) is 1.66. The summed E-state index contributed by atoms with van der Waals surface area (Å²) in [6, 6.07) is 7.23. The molecule has 1 N–H and O–H groups in total. The number of ether oxygens (including phenoxy) is 3. The molecule has 0 saturated carbocycles. The van der Waals surface area contributed by atoms with Crippen LogP contribution in [0.4, 0.5) is 10.5 Å². The Labute approximate surface area is 112 Å². The standard InChI is InChI=1S/C14H19NO4/c1-2-3-7-17-14(16)15-11-5-4-6-12(8-11)18-9-13-10-19-13/h4-6,8,13H,2-3,7,9-10H2,1H3,(H,15,16). The average Bonchev–Trinajstić information content (AvgIpc) is 3.21. The minimum Gasteiger partial charge on any atom is -0.491 e. The van der Waals surface area contributed by atoms with Gasteiger partial charge >= 0.3 is 6.09 Å². The molecule has 104 valence electrons. The first-order chi connectivity index (χ1) is 9.28. The number of hydrogen-bond acceptors (Lipinski definition) is 4. The van der Waals surface area contributed by atoms with Gasteiger partial charge in [-0.3, -0.25) is 5.32 Å². The molecule has 1 aromatic carbocycles. The monoisotopic (exact) mass is 265 g/mol. The topological polar surface area (TPSA) is 60.1 Å². The Morgan fingerprint density at radius 1 is 1.53 bits per heavy atom. The fraction of sp³-hybridized carbons (Fsp3) is 0.500. The van der Waals surface area contributed by atoms with Crippen molar-refractivity contribution in [3.8, 4) is 5.75 Å². The zero-order valence-corrected chi connectivity index (χ0v) is 11.1. The maximum atomic E-state index is 11.5. The SMILES string of the molecule is CCCCOC(=O)Nc1cccc(OCC2CO2)c1. The second-order valence-corrected chi connectivity index (χ2v) is 4.41. The zero-order chi connectivity index (χ0) is 13.5. The van der Waals surface area contributed by atoms with Crippen LogP contribution in [-0.4, -0.2) is 32.0 Å². The van der Waals surface area contributed by atoms with Crippen molar-refractivity contribution in [2.75, 3.05) is 25.1 Å². The maximum absolute atomic E-state index is 11.5. The van der Waals surface area contributed by atoms with Gasteiger partial charge in [-0.15, -0.1) is 0 Å². The highest BCUT2D eigenvalue weighted by Crippen LogP contribution is 2.19. The molecule has 1 aliphatic heterocycles. The van der Waals surface area contributed by atoms with Crippen molar-refractivity contribution < 1.29 is 19.0 Å². The van der Waals surface area contributed by atoms with Crippen molar-refractivity contribution >= 4 is 11.8 Å². The number of nitrogens with one attached hydrogen (secondary N) is 1. The van der Waals surface area contributed by atoms with Crippen molar-refractivity contribution in [3.63, 3.8) is 0 Å². The van der Waals surface area contributed by atoms with Gasteiger partial charge in [0.1, 0.15) is 18.5 Å². The molecule has 19 heavy (non-hydrogen) atoms. The highest BCUT2D eigenvalue weighted by atomic mass is 16.6. The molecule has 0 aliphatic carbocycles. The van der Waals surface area contributed by atoms with Crippen LogP contribution in [0.3, 0.4) is 0 Å². The fourth-order valence-corrected chi connectivity index (χ4v) is 1.48. The Bertz CT molecular complexity index is 418. The Balaban J connectivity index is 1.78. The Morgan fingerprint density at radius 2 is 2.37 bits per heavy atom. The lowest BCUT2D eigenvalue weighted by Crippen LogP contribution is -2.14. The van der Waals surface area contributed by atoms with Gasteiger partial charge < -0.3 is 14.2 Å². The lowest BCUT2D eigenvalue weighted by atomic mass is 10.3. The number of carbonyl (C=O) groups excluding carboxylic acids is 1. The minimum atomic E-state index is -0.434. The first-order valence-electron chi connectivity index (χ1n) is 6.56. The van der Waals surface area contributed by atoms with E-state index in [9.17, 15) is 4.79 Å². The van der Waals surface area contributed by atoms with Gasteiger partial charge in [-0.1, -0.05) is 19.4 Å². The maximum Gasteiger partial charge on any atom is 0.411 e. The summed E-state index contributed by atoms with van der Waals surface area (Å²) in [5.41, 5.74) is 0.663. The molecule has 1 unspecified atom stereocenters. The molecule has 0 aromatic heterocycles. The zero-order valence-electron chi connectivity index (χ0n) is 11.1. The van der Waals surface area contributed by atoms with Crippen molar-refractivity contribution in [1.82, 2.24) is 0 Å². The van der Waals surface area contributed by atoms with Crippen molar-refractivity contribution in [2.45, 2.75) is 25.9 Å². The van der Waals surface area contributed by atoms with Crippen LogP contribution in [0.15, 0.2) is 24.3 Å². The average molecular weight is 265 g/mol. The summed E-state index contributed by atoms with van der Waals surface area (Å²) in [7, 11) is 0. The van der Waals surface area contributed by atoms with Gasteiger partial charge in [0, 0.05) is 11.8 Å². The van der Waals surface area contributed by atoms with Crippen molar-refractivity contribution in [2.24, 2.45) is 0 Å². The van der Waals surface area contributed by atoms with Gasteiger partial charge in [-0.05, 0) is 18.6 Å². The number of carbonyl (C=O) groups is 1. The third kappa shape index (κ3) is 5.18. The molecule has 5 nitrogen and oxygen atoms in total. The highest BCUT2D eigenvalue weighted by molar-refractivity contribution is 5.84. The van der Waals surface area contributed by atoms with Crippen LogP contribution in [0.2, 0.25) is 0 Å². The van der Waals surface area contributed by atoms with E-state index in [2.05, 4.69) is 5.32 Å². The van der Waals surface area contributed by atoms with Crippen LogP contribution in [0.5, 0.6) is 5.75 Å². The molecule has 1 aromatic rings. The number of unbranched alkanes of at least 4 members (excludes halogenated alkanes) is 1. The van der Waals surface area contributed by atoms with Gasteiger partial charge in [-0.25, -0.2) is 4.79 Å². The number of epoxide rings is 1. The number of benzene rings is 1. The Kier molecular flexibility index (Phi) is 5.03. The van der Waals surface area contributed by atoms with Gasteiger partial charge in [0.05, 0.1) is 13.2 Å². The number of hydrogen-bond donors (Lipinski definition) is 1. The van der Waals surface area contributed by atoms with E-state index >= 15 is 0 Å². The second-order valence-electron chi connectivity index (χ2n) is 4.41. The quantitative estimate of drug-likeness (QED) is 0.608. The number of amides is 1. The molecule has 1 atom stereocenters. The van der Waals surface area contributed by atoms with Crippen molar-refractivity contribution in [3.05, 3.63) is 24.3 Å². The van der Waals surface area contributed by atoms with Crippen LogP contribution in [0.25, 0.3) is 0 Å². The summed E-state index contributed by atoms with van der Waals surface area (Å²) in [5, 5.41) is 2.67. The first kappa shape index (κ1) is 13.7. The summed E-state index contributed by atoms with van der Waals surface area (Å²) in [6.45, 7) is 3.80. The number of anilines is 1. The molecule has 2 rings (SSSR count). The van der Waals surface area contributed by atoms with Crippen LogP contribution in [0.1, 0.15) is 19.8 Å². The largest absolute Gasteiger partial charge is 0.491 e. The molecular formula is C14H19NO4. The van der Waals surface area contributed by atoms with Crippen LogP contribution in [-0.2, 0) is 9.47 Å². The molecule has 1 saturated heterocycles. The number of rotatable bonds is 7. The summed E-state index contributed by atoms with van der Waals surface area (Å²) in [4.78, 5) is 11.5. The van der Waals surface area contributed by atoms with E-state index in [0.717, 1.165) is 19.4 Å². The molecule has 1 heterocycles. The van der Waals surface area contributed by atoms with Crippen LogP contribution in [0, 0.1) is 0 Å². The first-order valence-corrected chi connectivity index (χ1v) is 6.56. The lowest BCUT2D eigenvalue weighted by molar-refractivity contribution is 0.160.